The Balaban J connectivity index is 1.64. The number of carbonyl (C=O) groups excluding carboxylic acids is 3. The number of amides is 2. The van der Waals surface area contributed by atoms with Crippen molar-refractivity contribution in [3.8, 4) is 5.75 Å². The number of cyclic esters (lactones) is 1. The fraction of sp³-hybridized carbons (Fsp3) is 0.500. The molecule has 1 N–H and O–H groups in total. The Kier molecular flexibility index (Phi) is 5.93. The van der Waals surface area contributed by atoms with Crippen LogP contribution in [0.5, 0.6) is 5.75 Å². The lowest BCUT2D eigenvalue weighted by molar-refractivity contribution is -0.160. The number of fused-ring (bicyclic) bond motifs is 2. The van der Waals surface area contributed by atoms with Crippen molar-refractivity contribution in [3.05, 3.63) is 48.6 Å². The summed E-state index contributed by atoms with van der Waals surface area (Å²) in [6, 6.07) is 6.06. The first-order valence-corrected chi connectivity index (χ1v) is 12.0. The number of ether oxygens (including phenoxy) is 3. The molecule has 186 valence electrons. The van der Waals surface area contributed by atoms with Gasteiger partial charge in [-0.25, -0.2) is 0 Å². The predicted octanol–water partition coefficient (Wildman–Crippen LogP) is 1.45. The molecule has 1 unspecified atom stereocenters. The highest BCUT2D eigenvalue weighted by Gasteiger charge is 2.75. The van der Waals surface area contributed by atoms with Gasteiger partial charge in [-0.05, 0) is 37.1 Å². The molecule has 1 aromatic carbocycles. The lowest BCUT2D eigenvalue weighted by Gasteiger charge is -2.38. The highest BCUT2D eigenvalue weighted by molar-refractivity contribution is 6.05. The number of rotatable bonds is 5. The highest BCUT2D eigenvalue weighted by Crippen LogP contribution is 2.58. The summed E-state index contributed by atoms with van der Waals surface area (Å²) in [4.78, 5) is 44.2. The van der Waals surface area contributed by atoms with Crippen molar-refractivity contribution < 1.29 is 33.7 Å². The summed E-state index contributed by atoms with van der Waals surface area (Å²) < 4.78 is 17.5. The second-order valence-corrected chi connectivity index (χ2v) is 9.29. The zero-order valence-electron chi connectivity index (χ0n) is 19.9. The summed E-state index contributed by atoms with van der Waals surface area (Å²) in [5.74, 6) is -2.38. The van der Waals surface area contributed by atoms with Gasteiger partial charge in [0.15, 0.2) is 0 Å². The number of aliphatic hydroxyl groups is 1. The molecular weight excluding hydrogens is 452 g/mol. The van der Waals surface area contributed by atoms with Crippen LogP contribution >= 0.6 is 0 Å². The number of hydrogen-bond donors (Lipinski definition) is 1. The van der Waals surface area contributed by atoms with Gasteiger partial charge in [0.05, 0.1) is 26.2 Å². The van der Waals surface area contributed by atoms with Gasteiger partial charge in [-0.15, -0.1) is 0 Å². The van der Waals surface area contributed by atoms with E-state index in [-0.39, 0.29) is 38.1 Å². The van der Waals surface area contributed by atoms with E-state index in [0.717, 1.165) is 0 Å². The molecule has 0 aliphatic carbocycles. The first-order chi connectivity index (χ1) is 16.9. The topological polar surface area (TPSA) is 106 Å². The van der Waals surface area contributed by atoms with E-state index in [4.69, 9.17) is 14.2 Å². The Bertz CT molecular complexity index is 1080. The summed E-state index contributed by atoms with van der Waals surface area (Å²) in [6.07, 6.45) is 8.37. The zero-order valence-corrected chi connectivity index (χ0v) is 19.9. The first-order valence-electron chi connectivity index (χ1n) is 12.0. The Labute approximate surface area is 203 Å². The molecule has 5 atom stereocenters. The van der Waals surface area contributed by atoms with Crippen LogP contribution in [-0.2, 0) is 23.9 Å². The third-order valence-corrected chi connectivity index (χ3v) is 7.63. The van der Waals surface area contributed by atoms with Gasteiger partial charge in [0.25, 0.3) is 5.91 Å². The largest absolute Gasteiger partial charge is 0.497 e. The van der Waals surface area contributed by atoms with Crippen LogP contribution in [-0.4, -0.2) is 78.4 Å². The highest BCUT2D eigenvalue weighted by atomic mass is 16.6. The standard InChI is InChI=1S/C26H30N2O7/c1-3-25-11-4-5-16-34-24(32)20(25)19-22(30)28(14-15-29)21-23(31)27(13-6-12-26(19,21)35-25)17-7-9-18(33-2)10-8-17/h4,6-12,19-21,29H,3,5,13-16H2,1-2H3/t19-,20+,21?,25-,26-/m0/s1. The maximum Gasteiger partial charge on any atom is 0.313 e. The van der Waals surface area contributed by atoms with Gasteiger partial charge in [0, 0.05) is 18.8 Å². The number of anilines is 1. The van der Waals surface area contributed by atoms with Gasteiger partial charge >= 0.3 is 5.97 Å². The number of benzene rings is 1. The predicted molar refractivity (Wildman–Crippen MR) is 126 cm³/mol. The summed E-state index contributed by atoms with van der Waals surface area (Å²) >= 11 is 0. The van der Waals surface area contributed by atoms with E-state index in [2.05, 4.69) is 0 Å². The minimum Gasteiger partial charge on any atom is -0.497 e. The average Bonchev–Trinajstić information content (AvgIpc) is 3.20. The van der Waals surface area contributed by atoms with Crippen molar-refractivity contribution in [3.63, 3.8) is 0 Å². The van der Waals surface area contributed by atoms with Crippen molar-refractivity contribution in [2.24, 2.45) is 11.8 Å². The maximum absolute atomic E-state index is 14.1. The first kappa shape index (κ1) is 23.6. The quantitative estimate of drug-likeness (QED) is 0.500. The molecule has 2 amide bonds. The normalized spacial score (nSPS) is 34.0. The zero-order chi connectivity index (χ0) is 24.8. The van der Waals surface area contributed by atoms with Crippen LogP contribution in [0, 0.1) is 11.8 Å². The summed E-state index contributed by atoms with van der Waals surface area (Å²) in [6.45, 7) is 2.03. The minimum absolute atomic E-state index is 0.0438. The number of β-amino-alcohol motifs (C(OH)–C–C–N with tert-alkyl or cyclic N) is 1. The summed E-state index contributed by atoms with van der Waals surface area (Å²) in [7, 11) is 1.57. The molecule has 1 spiro atoms. The van der Waals surface area contributed by atoms with Crippen molar-refractivity contribution in [1.82, 2.24) is 4.90 Å². The Morgan fingerprint density at radius 1 is 1.09 bits per heavy atom. The maximum atomic E-state index is 14.1. The third-order valence-electron chi connectivity index (χ3n) is 7.63. The van der Waals surface area contributed by atoms with E-state index in [9.17, 15) is 19.5 Å². The van der Waals surface area contributed by atoms with Crippen LogP contribution < -0.4 is 9.64 Å². The van der Waals surface area contributed by atoms with Gasteiger partial charge in [-0.3, -0.25) is 14.4 Å². The molecule has 2 saturated heterocycles. The molecule has 9 heteroatoms. The molecule has 9 nitrogen and oxygen atoms in total. The van der Waals surface area contributed by atoms with E-state index in [1.165, 1.54) is 4.90 Å². The second-order valence-electron chi connectivity index (χ2n) is 9.29. The second kappa shape index (κ2) is 8.80. The lowest BCUT2D eigenvalue weighted by Crippen LogP contribution is -2.56. The van der Waals surface area contributed by atoms with Crippen molar-refractivity contribution in [2.75, 3.05) is 38.3 Å². The van der Waals surface area contributed by atoms with E-state index in [1.54, 1.807) is 42.4 Å². The molecule has 0 aromatic heterocycles. The molecule has 35 heavy (non-hydrogen) atoms. The number of hydrogen-bond acceptors (Lipinski definition) is 7. The number of aliphatic hydroxyl groups excluding tert-OH is 1. The fourth-order valence-corrected chi connectivity index (χ4v) is 6.07. The lowest BCUT2D eigenvalue weighted by atomic mass is 9.73. The summed E-state index contributed by atoms with van der Waals surface area (Å²) in [5.41, 5.74) is -1.79. The van der Waals surface area contributed by atoms with Crippen molar-refractivity contribution in [1.29, 1.82) is 0 Å². The van der Waals surface area contributed by atoms with Gasteiger partial charge in [0.2, 0.25) is 5.91 Å². The molecule has 4 aliphatic rings. The Hall–Kier alpha value is -3.17. The minimum atomic E-state index is -1.36. The van der Waals surface area contributed by atoms with E-state index in [1.807, 2.05) is 25.2 Å². The van der Waals surface area contributed by atoms with E-state index >= 15 is 0 Å². The van der Waals surface area contributed by atoms with E-state index < -0.39 is 35.0 Å². The van der Waals surface area contributed by atoms with Crippen LogP contribution in [0.15, 0.2) is 48.6 Å². The Morgan fingerprint density at radius 2 is 1.86 bits per heavy atom. The summed E-state index contributed by atoms with van der Waals surface area (Å²) in [5, 5.41) is 9.76. The smallest absolute Gasteiger partial charge is 0.313 e. The molecule has 0 bridgehead atoms. The van der Waals surface area contributed by atoms with Crippen LogP contribution in [0.4, 0.5) is 5.69 Å². The number of likely N-dealkylation sites (tertiary alicyclic amines) is 1. The fourth-order valence-electron chi connectivity index (χ4n) is 6.07. The number of carbonyl (C=O) groups is 3. The number of nitrogens with zero attached hydrogens (tertiary/aromatic N) is 2. The van der Waals surface area contributed by atoms with E-state index in [0.29, 0.717) is 24.3 Å². The number of methoxy groups -OCH3 is 1. The SMILES string of the molecule is CC[C@]12C=CCCOC(=O)[C@H]1[C@H]1C(=O)N(CCO)C3C(=O)N(c4ccc(OC)cc4)CC=C[C@@]31O2. The van der Waals surface area contributed by atoms with Crippen LogP contribution in [0.1, 0.15) is 19.8 Å². The molecule has 0 radical (unpaired) electrons. The molecule has 2 fully saturated rings. The van der Waals surface area contributed by atoms with Gasteiger partial charge in [-0.1, -0.05) is 31.2 Å². The Morgan fingerprint density at radius 3 is 2.54 bits per heavy atom. The molecule has 5 rings (SSSR count). The molecule has 0 saturated carbocycles. The van der Waals surface area contributed by atoms with Crippen LogP contribution in [0.2, 0.25) is 0 Å². The monoisotopic (exact) mass is 482 g/mol. The van der Waals surface area contributed by atoms with Crippen LogP contribution in [0.3, 0.4) is 0 Å². The number of esters is 1. The van der Waals surface area contributed by atoms with Gasteiger partial charge < -0.3 is 29.1 Å². The molecule has 4 aliphatic heterocycles. The molecule has 4 heterocycles. The molecular formula is C26H30N2O7. The van der Waals surface area contributed by atoms with Gasteiger partial charge in [-0.2, -0.15) is 0 Å². The third kappa shape index (κ3) is 3.40. The average molecular weight is 483 g/mol. The van der Waals surface area contributed by atoms with Crippen molar-refractivity contribution >= 4 is 23.5 Å². The molecule has 1 aromatic rings. The van der Waals surface area contributed by atoms with Gasteiger partial charge in [0.1, 0.15) is 28.9 Å². The van der Waals surface area contributed by atoms with Crippen molar-refractivity contribution in [2.45, 2.75) is 37.0 Å². The van der Waals surface area contributed by atoms with Crippen LogP contribution in [0.25, 0.3) is 0 Å².